The van der Waals surface area contributed by atoms with Gasteiger partial charge in [-0.2, -0.15) is 0 Å². The van der Waals surface area contributed by atoms with E-state index in [1.807, 2.05) is 12.4 Å². The second-order valence-electron chi connectivity index (χ2n) is 4.88. The van der Waals surface area contributed by atoms with E-state index >= 15 is 0 Å². The van der Waals surface area contributed by atoms with E-state index in [4.69, 9.17) is 5.73 Å². The Labute approximate surface area is 98.7 Å². The van der Waals surface area contributed by atoms with Crippen molar-refractivity contribution in [1.82, 2.24) is 9.88 Å². The zero-order valence-corrected chi connectivity index (χ0v) is 10.6. The first-order valence-corrected chi connectivity index (χ1v) is 5.86. The lowest BCUT2D eigenvalue weighted by Crippen LogP contribution is -2.43. The van der Waals surface area contributed by atoms with Gasteiger partial charge in [-0.1, -0.05) is 0 Å². The van der Waals surface area contributed by atoms with E-state index < -0.39 is 0 Å². The van der Waals surface area contributed by atoms with Crippen LogP contribution in [0, 0.1) is 0 Å². The van der Waals surface area contributed by atoms with Gasteiger partial charge < -0.3 is 10.6 Å². The third-order valence-corrected chi connectivity index (χ3v) is 3.27. The molecule has 3 nitrogen and oxygen atoms in total. The minimum Gasteiger partial charge on any atom is -0.330 e. The van der Waals surface area contributed by atoms with Crippen molar-refractivity contribution >= 4 is 0 Å². The quantitative estimate of drug-likeness (QED) is 0.794. The van der Waals surface area contributed by atoms with Crippen LogP contribution in [0.1, 0.15) is 25.8 Å². The smallest absolute Gasteiger partial charge is 0.0270 e. The number of nitrogens with two attached hydrogens (primary N) is 1. The predicted octanol–water partition coefficient (Wildman–Crippen LogP) is 1.68. The predicted molar refractivity (Wildman–Crippen MR) is 68.3 cm³/mol. The lowest BCUT2D eigenvalue weighted by atomic mass is 9.98. The molecule has 2 N–H and O–H groups in total. The number of aromatic nitrogens is 1. The molecule has 0 aliphatic carbocycles. The first-order valence-electron chi connectivity index (χ1n) is 5.86. The summed E-state index contributed by atoms with van der Waals surface area (Å²) in [6.45, 7) is 6.28. The molecule has 90 valence electrons. The molecule has 0 aliphatic heterocycles. The van der Waals surface area contributed by atoms with Crippen LogP contribution in [0.2, 0.25) is 0 Å². The van der Waals surface area contributed by atoms with Gasteiger partial charge in [-0.25, -0.2) is 0 Å². The normalized spacial score (nSPS) is 12.1. The lowest BCUT2D eigenvalue weighted by molar-refractivity contribution is 0.150. The molecule has 0 aromatic carbocycles. The molecular formula is C13H23N3. The van der Waals surface area contributed by atoms with E-state index in [0.29, 0.717) is 0 Å². The fraction of sp³-hybridized carbons (Fsp3) is 0.615. The van der Waals surface area contributed by atoms with Gasteiger partial charge in [0, 0.05) is 24.5 Å². The number of hydrogen-bond acceptors (Lipinski definition) is 3. The second kappa shape index (κ2) is 5.97. The van der Waals surface area contributed by atoms with E-state index in [9.17, 15) is 0 Å². The molecule has 0 aliphatic rings. The van der Waals surface area contributed by atoms with Crippen molar-refractivity contribution in [3.63, 3.8) is 0 Å². The summed E-state index contributed by atoms with van der Waals surface area (Å²) in [5, 5.41) is 0. The molecule has 16 heavy (non-hydrogen) atoms. The van der Waals surface area contributed by atoms with Gasteiger partial charge in [0.2, 0.25) is 0 Å². The molecule has 0 amide bonds. The first kappa shape index (κ1) is 13.1. The Bertz CT molecular complexity index is 295. The van der Waals surface area contributed by atoms with Crippen LogP contribution in [0.3, 0.4) is 0 Å². The van der Waals surface area contributed by atoms with E-state index in [1.54, 1.807) is 0 Å². The summed E-state index contributed by atoms with van der Waals surface area (Å²) in [6, 6.07) is 4.15. The molecular weight excluding hydrogens is 198 g/mol. The number of nitrogens with zero attached hydrogens (tertiary/aromatic N) is 2. The molecule has 0 spiro atoms. The average Bonchev–Trinajstić information content (AvgIpc) is 2.27. The van der Waals surface area contributed by atoms with Crippen LogP contribution >= 0.6 is 0 Å². The van der Waals surface area contributed by atoms with Gasteiger partial charge >= 0.3 is 0 Å². The van der Waals surface area contributed by atoms with E-state index in [1.165, 1.54) is 5.56 Å². The molecule has 1 rings (SSSR count). The Kier molecular flexibility index (Phi) is 4.90. The molecule has 0 bridgehead atoms. The summed E-state index contributed by atoms with van der Waals surface area (Å²) in [7, 11) is 2.16. The Morgan fingerprint density at radius 1 is 1.31 bits per heavy atom. The van der Waals surface area contributed by atoms with Crippen molar-refractivity contribution in [2.75, 3.05) is 20.1 Å². The highest BCUT2D eigenvalue weighted by Gasteiger charge is 2.21. The largest absolute Gasteiger partial charge is 0.330 e. The van der Waals surface area contributed by atoms with Crippen molar-refractivity contribution in [2.24, 2.45) is 5.73 Å². The van der Waals surface area contributed by atoms with Gasteiger partial charge in [0.25, 0.3) is 0 Å². The minimum atomic E-state index is 0.182. The highest BCUT2D eigenvalue weighted by atomic mass is 15.2. The number of pyridine rings is 1. The number of hydrogen-bond donors (Lipinski definition) is 1. The van der Waals surface area contributed by atoms with Crippen molar-refractivity contribution in [2.45, 2.75) is 32.2 Å². The average molecular weight is 221 g/mol. The summed E-state index contributed by atoms with van der Waals surface area (Å²) in [4.78, 5) is 6.40. The minimum absolute atomic E-state index is 0.182. The fourth-order valence-electron chi connectivity index (χ4n) is 1.69. The van der Waals surface area contributed by atoms with Crippen LogP contribution in [0.15, 0.2) is 24.5 Å². The summed E-state index contributed by atoms with van der Waals surface area (Å²) >= 11 is 0. The van der Waals surface area contributed by atoms with E-state index in [0.717, 1.165) is 25.9 Å². The molecule has 0 saturated heterocycles. The second-order valence-corrected chi connectivity index (χ2v) is 4.88. The summed E-state index contributed by atoms with van der Waals surface area (Å²) in [5.74, 6) is 0. The zero-order valence-electron chi connectivity index (χ0n) is 10.6. The van der Waals surface area contributed by atoms with Gasteiger partial charge in [0.15, 0.2) is 0 Å². The fourth-order valence-corrected chi connectivity index (χ4v) is 1.69. The maximum Gasteiger partial charge on any atom is 0.0270 e. The molecule has 0 atom stereocenters. The lowest BCUT2D eigenvalue weighted by Gasteiger charge is -2.35. The molecule has 1 aromatic rings. The van der Waals surface area contributed by atoms with Crippen molar-refractivity contribution in [3.05, 3.63) is 30.1 Å². The zero-order chi connectivity index (χ0) is 12.0. The third-order valence-electron chi connectivity index (χ3n) is 3.27. The summed E-state index contributed by atoms with van der Waals surface area (Å²) in [6.07, 6.45) is 5.79. The number of rotatable bonds is 6. The van der Waals surface area contributed by atoms with Crippen LogP contribution in [0.4, 0.5) is 0 Å². The highest BCUT2D eigenvalue weighted by Crippen LogP contribution is 2.16. The van der Waals surface area contributed by atoms with Crippen LogP contribution in [0.25, 0.3) is 0 Å². The van der Waals surface area contributed by atoms with Gasteiger partial charge in [-0.15, -0.1) is 0 Å². The number of likely N-dealkylation sites (N-methyl/N-ethyl adjacent to an activating group) is 1. The molecule has 1 aromatic heterocycles. The Balaban J connectivity index is 2.43. The Morgan fingerprint density at radius 3 is 2.50 bits per heavy atom. The van der Waals surface area contributed by atoms with Gasteiger partial charge in [0.1, 0.15) is 0 Å². The van der Waals surface area contributed by atoms with Gasteiger partial charge in [0.05, 0.1) is 0 Å². The first-order chi connectivity index (χ1) is 7.56. The van der Waals surface area contributed by atoms with Crippen molar-refractivity contribution in [1.29, 1.82) is 0 Å². The maximum absolute atomic E-state index is 5.62. The third kappa shape index (κ3) is 3.91. The maximum atomic E-state index is 5.62. The molecule has 0 saturated carbocycles. The van der Waals surface area contributed by atoms with Crippen molar-refractivity contribution < 1.29 is 0 Å². The molecule has 0 radical (unpaired) electrons. The molecule has 0 fully saturated rings. The van der Waals surface area contributed by atoms with Crippen LogP contribution < -0.4 is 5.73 Å². The molecule has 3 heteroatoms. The van der Waals surface area contributed by atoms with Crippen molar-refractivity contribution in [3.8, 4) is 0 Å². The Morgan fingerprint density at radius 2 is 1.94 bits per heavy atom. The van der Waals surface area contributed by atoms with Gasteiger partial charge in [-0.3, -0.25) is 4.98 Å². The Hall–Kier alpha value is -0.930. The molecule has 1 heterocycles. The highest BCUT2D eigenvalue weighted by molar-refractivity contribution is 5.10. The topological polar surface area (TPSA) is 42.2 Å². The standard InChI is InChI=1S/C13H23N3/c1-13(2,7-8-14)16(3)11-6-12-4-9-15-10-5-12/h4-5,9-10H,6-8,11,14H2,1-3H3. The van der Waals surface area contributed by atoms with Gasteiger partial charge in [-0.05, 0) is 58.0 Å². The monoisotopic (exact) mass is 221 g/mol. The van der Waals surface area contributed by atoms with Crippen LogP contribution in [-0.4, -0.2) is 35.6 Å². The van der Waals surface area contributed by atoms with E-state index in [-0.39, 0.29) is 5.54 Å². The molecule has 0 unspecified atom stereocenters. The van der Waals surface area contributed by atoms with E-state index in [2.05, 4.69) is 42.9 Å². The summed E-state index contributed by atoms with van der Waals surface area (Å²) in [5.41, 5.74) is 7.15. The van der Waals surface area contributed by atoms with Crippen LogP contribution in [-0.2, 0) is 6.42 Å². The van der Waals surface area contributed by atoms with Crippen LogP contribution in [0.5, 0.6) is 0 Å². The SMILES string of the molecule is CN(CCc1ccncc1)C(C)(C)CCN. The summed E-state index contributed by atoms with van der Waals surface area (Å²) < 4.78 is 0.